The van der Waals surface area contributed by atoms with Gasteiger partial charge in [0, 0.05) is 62.9 Å². The Bertz CT molecular complexity index is 954. The molecule has 3 saturated heterocycles. The molecule has 0 amide bonds. The number of nitrogens with two attached hydrogens (primary N) is 1. The van der Waals surface area contributed by atoms with E-state index < -0.39 is 0 Å². The Hall–Kier alpha value is -2.49. The molecule has 0 radical (unpaired) electrons. The molecule has 2 aromatic heterocycles. The third-order valence-corrected chi connectivity index (χ3v) is 6.17. The largest absolute Gasteiger partial charge is 0.402 e. The van der Waals surface area contributed by atoms with E-state index in [1.165, 1.54) is 0 Å². The molecule has 5 heterocycles. The molecule has 1 atom stereocenters. The Labute approximate surface area is 181 Å². The van der Waals surface area contributed by atoms with Crippen LogP contribution in [0.2, 0.25) is 0 Å². The smallest absolute Gasteiger partial charge is 0.160 e. The lowest BCUT2D eigenvalue weighted by molar-refractivity contribution is 0.0754. The van der Waals surface area contributed by atoms with Gasteiger partial charge in [0.2, 0.25) is 0 Å². The lowest BCUT2D eigenvalue weighted by Crippen LogP contribution is -2.37. The molecule has 1 unspecified atom stereocenters. The van der Waals surface area contributed by atoms with Gasteiger partial charge in [-0.05, 0) is 31.8 Å². The molecule has 0 saturated carbocycles. The fourth-order valence-electron chi connectivity index (χ4n) is 4.38. The number of rotatable bonds is 5. The van der Waals surface area contributed by atoms with Gasteiger partial charge in [-0.1, -0.05) is 0 Å². The van der Waals surface area contributed by atoms with E-state index in [1.54, 1.807) is 6.21 Å². The van der Waals surface area contributed by atoms with Crippen molar-refractivity contribution in [2.75, 3.05) is 51.0 Å². The highest BCUT2D eigenvalue weighted by Crippen LogP contribution is 2.30. The number of hydrogen-bond acceptors (Lipinski definition) is 8. The number of aromatic nitrogens is 3. The van der Waals surface area contributed by atoms with Gasteiger partial charge in [-0.3, -0.25) is 0 Å². The van der Waals surface area contributed by atoms with Gasteiger partial charge in [0.25, 0.3) is 0 Å². The summed E-state index contributed by atoms with van der Waals surface area (Å²) in [6, 6.07) is 4.00. The van der Waals surface area contributed by atoms with Gasteiger partial charge in [0.1, 0.15) is 11.9 Å². The molecular weight excluding hydrogens is 396 g/mol. The van der Waals surface area contributed by atoms with E-state index in [2.05, 4.69) is 9.89 Å². The standard InChI is InChI=1S/C22H30N6O3/c23-17(16-4-10-29-11-5-16)3-6-24-20-15-22(27-7-12-30-13-8-27)28-21(25-20)14-18(26-28)19-2-1-9-31-19/h3,6,14-16,19H,1-2,4-5,7-13,23H2. The molecule has 3 aliphatic heterocycles. The Morgan fingerprint density at radius 2 is 1.87 bits per heavy atom. The molecule has 31 heavy (non-hydrogen) atoms. The Balaban J connectivity index is 1.44. The van der Waals surface area contributed by atoms with E-state index >= 15 is 0 Å². The maximum Gasteiger partial charge on any atom is 0.160 e. The first kappa shape index (κ1) is 20.4. The molecule has 2 N–H and O–H groups in total. The highest BCUT2D eigenvalue weighted by atomic mass is 16.5. The van der Waals surface area contributed by atoms with Crippen molar-refractivity contribution in [2.24, 2.45) is 16.6 Å². The van der Waals surface area contributed by atoms with Crippen molar-refractivity contribution in [3.8, 4) is 0 Å². The van der Waals surface area contributed by atoms with E-state index in [4.69, 9.17) is 30.0 Å². The lowest BCUT2D eigenvalue weighted by atomic mass is 9.97. The minimum absolute atomic E-state index is 0.0494. The maximum absolute atomic E-state index is 6.27. The molecule has 3 aliphatic rings. The monoisotopic (exact) mass is 426 g/mol. The first-order valence-electron chi connectivity index (χ1n) is 11.2. The van der Waals surface area contributed by atoms with Gasteiger partial charge in [-0.15, -0.1) is 0 Å². The average molecular weight is 427 g/mol. The summed E-state index contributed by atoms with van der Waals surface area (Å²) in [5.74, 6) is 1.98. The van der Waals surface area contributed by atoms with Crippen LogP contribution in [0.25, 0.3) is 5.65 Å². The van der Waals surface area contributed by atoms with Crippen LogP contribution in [0.3, 0.4) is 0 Å². The summed E-state index contributed by atoms with van der Waals surface area (Å²) in [4.78, 5) is 11.6. The minimum Gasteiger partial charge on any atom is -0.402 e. The fourth-order valence-corrected chi connectivity index (χ4v) is 4.38. The van der Waals surface area contributed by atoms with Crippen molar-refractivity contribution in [3.63, 3.8) is 0 Å². The number of morpholine rings is 1. The highest BCUT2D eigenvalue weighted by Gasteiger charge is 2.23. The number of hydrogen-bond donors (Lipinski definition) is 1. The van der Waals surface area contributed by atoms with Crippen molar-refractivity contribution in [1.82, 2.24) is 14.6 Å². The van der Waals surface area contributed by atoms with Crippen molar-refractivity contribution in [2.45, 2.75) is 31.8 Å². The summed E-state index contributed by atoms with van der Waals surface area (Å²) in [5.41, 5.74) is 8.84. The van der Waals surface area contributed by atoms with Crippen molar-refractivity contribution in [1.29, 1.82) is 0 Å². The number of ether oxygens (including phenoxy) is 3. The predicted octanol–water partition coefficient (Wildman–Crippen LogP) is 2.39. The summed E-state index contributed by atoms with van der Waals surface area (Å²) in [5, 5.41) is 4.83. The van der Waals surface area contributed by atoms with Crippen LogP contribution in [0, 0.1) is 5.92 Å². The minimum atomic E-state index is 0.0494. The predicted molar refractivity (Wildman–Crippen MR) is 118 cm³/mol. The highest BCUT2D eigenvalue weighted by molar-refractivity contribution is 5.75. The van der Waals surface area contributed by atoms with Crippen LogP contribution in [0.1, 0.15) is 37.5 Å². The van der Waals surface area contributed by atoms with E-state index in [-0.39, 0.29) is 6.10 Å². The summed E-state index contributed by atoms with van der Waals surface area (Å²) in [6.07, 6.45) is 7.69. The Morgan fingerprint density at radius 3 is 2.65 bits per heavy atom. The number of allylic oxidation sites excluding steroid dienone is 2. The van der Waals surface area contributed by atoms with E-state index in [0.717, 1.165) is 81.4 Å². The second kappa shape index (κ2) is 9.33. The molecular formula is C22H30N6O3. The molecule has 166 valence electrons. The normalized spacial score (nSPS) is 23.9. The molecule has 0 bridgehead atoms. The molecule has 3 fully saturated rings. The number of fused-ring (bicyclic) bond motifs is 1. The van der Waals surface area contributed by atoms with Crippen LogP contribution in [0.15, 0.2) is 28.9 Å². The maximum atomic E-state index is 6.27. The van der Waals surface area contributed by atoms with Crippen LogP contribution in [0.4, 0.5) is 11.6 Å². The van der Waals surface area contributed by atoms with Gasteiger partial charge in [-0.2, -0.15) is 9.61 Å². The molecule has 2 aromatic rings. The van der Waals surface area contributed by atoms with E-state index in [0.29, 0.717) is 24.9 Å². The fraction of sp³-hybridized carbons (Fsp3) is 0.591. The second-order valence-corrected chi connectivity index (χ2v) is 8.24. The summed E-state index contributed by atoms with van der Waals surface area (Å²) in [7, 11) is 0. The molecule has 0 aromatic carbocycles. The molecule has 0 spiro atoms. The van der Waals surface area contributed by atoms with Crippen LogP contribution >= 0.6 is 0 Å². The molecule has 9 heteroatoms. The second-order valence-electron chi connectivity index (χ2n) is 8.24. The van der Waals surface area contributed by atoms with Gasteiger partial charge in [-0.25, -0.2) is 9.98 Å². The molecule has 9 nitrogen and oxygen atoms in total. The average Bonchev–Trinajstić information content (AvgIpc) is 3.49. The van der Waals surface area contributed by atoms with Crippen LogP contribution < -0.4 is 10.6 Å². The van der Waals surface area contributed by atoms with Gasteiger partial charge >= 0.3 is 0 Å². The zero-order valence-corrected chi connectivity index (χ0v) is 17.8. The van der Waals surface area contributed by atoms with Gasteiger partial charge < -0.3 is 24.8 Å². The van der Waals surface area contributed by atoms with Crippen LogP contribution in [-0.4, -0.2) is 66.9 Å². The van der Waals surface area contributed by atoms with E-state index in [1.807, 2.05) is 22.7 Å². The first-order valence-corrected chi connectivity index (χ1v) is 11.2. The third kappa shape index (κ3) is 4.58. The lowest BCUT2D eigenvalue weighted by Gasteiger charge is -2.28. The number of nitrogens with zero attached hydrogens (tertiary/aromatic N) is 5. The van der Waals surface area contributed by atoms with Crippen LogP contribution in [-0.2, 0) is 14.2 Å². The Kier molecular flexibility index (Phi) is 6.15. The Morgan fingerprint density at radius 1 is 1.06 bits per heavy atom. The van der Waals surface area contributed by atoms with Crippen LogP contribution in [0.5, 0.6) is 0 Å². The van der Waals surface area contributed by atoms with Gasteiger partial charge in [0.15, 0.2) is 11.5 Å². The zero-order chi connectivity index (χ0) is 21.0. The zero-order valence-electron chi connectivity index (χ0n) is 17.8. The van der Waals surface area contributed by atoms with Crippen molar-refractivity contribution in [3.05, 3.63) is 29.6 Å². The van der Waals surface area contributed by atoms with Crippen molar-refractivity contribution < 1.29 is 14.2 Å². The summed E-state index contributed by atoms with van der Waals surface area (Å²) >= 11 is 0. The molecule has 5 rings (SSSR count). The first-order chi connectivity index (χ1) is 15.3. The summed E-state index contributed by atoms with van der Waals surface area (Å²) < 4.78 is 18.7. The van der Waals surface area contributed by atoms with Gasteiger partial charge in [0.05, 0.1) is 18.9 Å². The quantitative estimate of drug-likeness (QED) is 0.733. The number of aliphatic imine (C=N–C) groups is 1. The molecule has 0 aliphatic carbocycles. The SMILES string of the molecule is NC(=CC=Nc1cc(N2CCOCC2)n2nc(C3CCCO3)cc2n1)C1CCOCC1. The topological polar surface area (TPSA) is 99.5 Å². The summed E-state index contributed by atoms with van der Waals surface area (Å²) in [6.45, 7) is 5.36. The van der Waals surface area contributed by atoms with Crippen molar-refractivity contribution >= 4 is 23.5 Å². The van der Waals surface area contributed by atoms with E-state index in [9.17, 15) is 0 Å². The number of anilines is 1. The third-order valence-electron chi connectivity index (χ3n) is 6.17.